The fourth-order valence-electron chi connectivity index (χ4n) is 3.14. The molecule has 0 saturated carbocycles. The third kappa shape index (κ3) is 5.89. The lowest BCUT2D eigenvalue weighted by Gasteiger charge is -2.19. The normalized spacial score (nSPS) is 13.2. The quantitative estimate of drug-likeness (QED) is 0.278. The standard InChI is InChI=1S/C22H28N4O.HI/c1-17-9-10-19(21(13-17)27-3)16-25-22(23-2)24-15-18-7-6-8-20(14-18)26-11-4-5-12-26;/h4-10,13-14H,11-12,15-16H2,1-3H3,(H2,23,24,25);1H. The number of methoxy groups -OCH3 is 1. The lowest BCUT2D eigenvalue weighted by molar-refractivity contribution is 0.408. The Balaban J connectivity index is 0.00000280. The number of benzene rings is 2. The minimum Gasteiger partial charge on any atom is -0.496 e. The number of aryl methyl sites for hydroxylation is 1. The zero-order chi connectivity index (χ0) is 19.1. The lowest BCUT2D eigenvalue weighted by Crippen LogP contribution is -2.36. The Morgan fingerprint density at radius 3 is 2.54 bits per heavy atom. The van der Waals surface area contributed by atoms with Gasteiger partial charge in [-0.05, 0) is 36.2 Å². The van der Waals surface area contributed by atoms with Crippen molar-refractivity contribution in [3.8, 4) is 5.75 Å². The molecular weight excluding hydrogens is 463 g/mol. The molecule has 0 saturated heterocycles. The number of aliphatic imine (C=N–C) groups is 1. The molecule has 6 heteroatoms. The van der Waals surface area contributed by atoms with Crippen molar-refractivity contribution in [3.63, 3.8) is 0 Å². The molecule has 28 heavy (non-hydrogen) atoms. The first kappa shape index (κ1) is 22.1. The van der Waals surface area contributed by atoms with Crippen molar-refractivity contribution in [2.24, 2.45) is 4.99 Å². The van der Waals surface area contributed by atoms with E-state index in [2.05, 4.69) is 76.0 Å². The highest BCUT2D eigenvalue weighted by molar-refractivity contribution is 14.0. The van der Waals surface area contributed by atoms with E-state index >= 15 is 0 Å². The van der Waals surface area contributed by atoms with E-state index in [1.165, 1.54) is 16.8 Å². The summed E-state index contributed by atoms with van der Waals surface area (Å²) in [5, 5.41) is 6.74. The van der Waals surface area contributed by atoms with Gasteiger partial charge in [0, 0.05) is 44.5 Å². The van der Waals surface area contributed by atoms with Gasteiger partial charge in [0.1, 0.15) is 5.75 Å². The van der Waals surface area contributed by atoms with Crippen LogP contribution < -0.4 is 20.3 Å². The van der Waals surface area contributed by atoms with Crippen molar-refractivity contribution >= 4 is 35.6 Å². The molecule has 1 aliphatic heterocycles. The van der Waals surface area contributed by atoms with Gasteiger partial charge in [-0.3, -0.25) is 4.99 Å². The van der Waals surface area contributed by atoms with Gasteiger partial charge in [-0.2, -0.15) is 0 Å². The molecule has 0 spiro atoms. The second-order valence-corrected chi connectivity index (χ2v) is 6.64. The van der Waals surface area contributed by atoms with Crippen LogP contribution in [-0.4, -0.2) is 33.2 Å². The van der Waals surface area contributed by atoms with E-state index < -0.39 is 0 Å². The maximum absolute atomic E-state index is 5.47. The first-order valence-corrected chi connectivity index (χ1v) is 9.26. The molecule has 0 fully saturated rings. The summed E-state index contributed by atoms with van der Waals surface area (Å²) in [4.78, 5) is 6.67. The number of anilines is 1. The lowest BCUT2D eigenvalue weighted by atomic mass is 10.1. The van der Waals surface area contributed by atoms with Gasteiger partial charge >= 0.3 is 0 Å². The maximum Gasteiger partial charge on any atom is 0.191 e. The molecule has 0 atom stereocenters. The van der Waals surface area contributed by atoms with Gasteiger partial charge in [0.15, 0.2) is 5.96 Å². The SMILES string of the molecule is CN=C(NCc1cccc(N2CC=CC2)c1)NCc1ccc(C)cc1OC.I. The van der Waals surface area contributed by atoms with Crippen molar-refractivity contribution in [1.29, 1.82) is 0 Å². The van der Waals surface area contributed by atoms with E-state index in [4.69, 9.17) is 4.74 Å². The van der Waals surface area contributed by atoms with Gasteiger partial charge in [0.2, 0.25) is 0 Å². The van der Waals surface area contributed by atoms with E-state index in [-0.39, 0.29) is 24.0 Å². The molecule has 2 aromatic carbocycles. The summed E-state index contributed by atoms with van der Waals surface area (Å²) in [6.07, 6.45) is 4.41. The van der Waals surface area contributed by atoms with Crippen LogP contribution in [-0.2, 0) is 13.1 Å². The van der Waals surface area contributed by atoms with Crippen LogP contribution in [0.1, 0.15) is 16.7 Å². The molecule has 0 amide bonds. The van der Waals surface area contributed by atoms with Crippen molar-refractivity contribution in [2.45, 2.75) is 20.0 Å². The number of nitrogens with one attached hydrogen (secondary N) is 2. The van der Waals surface area contributed by atoms with Crippen LogP contribution in [0.15, 0.2) is 59.6 Å². The predicted octanol–water partition coefficient (Wildman–Crippen LogP) is 3.86. The van der Waals surface area contributed by atoms with Gasteiger partial charge < -0.3 is 20.3 Å². The molecule has 150 valence electrons. The van der Waals surface area contributed by atoms with E-state index in [9.17, 15) is 0 Å². The molecule has 3 rings (SSSR count). The fraction of sp³-hybridized carbons (Fsp3) is 0.318. The largest absolute Gasteiger partial charge is 0.496 e. The molecule has 0 bridgehead atoms. The number of hydrogen-bond acceptors (Lipinski definition) is 3. The van der Waals surface area contributed by atoms with Crippen molar-refractivity contribution < 1.29 is 4.74 Å². The van der Waals surface area contributed by atoms with Crippen molar-refractivity contribution in [1.82, 2.24) is 10.6 Å². The highest BCUT2D eigenvalue weighted by Gasteiger charge is 2.08. The summed E-state index contributed by atoms with van der Waals surface area (Å²) < 4.78 is 5.47. The Morgan fingerprint density at radius 1 is 1.07 bits per heavy atom. The molecule has 0 aromatic heterocycles. The summed E-state index contributed by atoms with van der Waals surface area (Å²) in [6, 6.07) is 14.9. The summed E-state index contributed by atoms with van der Waals surface area (Å²) >= 11 is 0. The topological polar surface area (TPSA) is 48.9 Å². The van der Waals surface area contributed by atoms with Crippen LogP contribution in [0.25, 0.3) is 0 Å². The summed E-state index contributed by atoms with van der Waals surface area (Å²) in [5.74, 6) is 1.66. The van der Waals surface area contributed by atoms with Gasteiger partial charge in [0.05, 0.1) is 7.11 Å². The Kier molecular flexibility index (Phi) is 8.63. The summed E-state index contributed by atoms with van der Waals surface area (Å²) in [7, 11) is 3.49. The second-order valence-electron chi connectivity index (χ2n) is 6.64. The highest BCUT2D eigenvalue weighted by Crippen LogP contribution is 2.20. The first-order valence-electron chi connectivity index (χ1n) is 9.26. The van der Waals surface area contributed by atoms with Crippen LogP contribution in [0.4, 0.5) is 5.69 Å². The van der Waals surface area contributed by atoms with Crippen LogP contribution in [0.2, 0.25) is 0 Å². The highest BCUT2D eigenvalue weighted by atomic mass is 127. The molecule has 0 aliphatic carbocycles. The van der Waals surface area contributed by atoms with Crippen LogP contribution >= 0.6 is 24.0 Å². The van der Waals surface area contributed by atoms with Crippen molar-refractivity contribution in [2.75, 3.05) is 32.1 Å². The summed E-state index contributed by atoms with van der Waals surface area (Å²) in [5.41, 5.74) is 4.78. The third-order valence-corrected chi connectivity index (χ3v) is 4.67. The molecule has 5 nitrogen and oxygen atoms in total. The van der Waals surface area contributed by atoms with E-state index in [0.29, 0.717) is 6.54 Å². The zero-order valence-electron chi connectivity index (χ0n) is 16.7. The predicted molar refractivity (Wildman–Crippen MR) is 128 cm³/mol. The Labute approximate surface area is 184 Å². The molecule has 1 aliphatic rings. The molecule has 1 heterocycles. The Morgan fingerprint density at radius 2 is 1.82 bits per heavy atom. The zero-order valence-corrected chi connectivity index (χ0v) is 19.1. The maximum atomic E-state index is 5.47. The molecule has 0 radical (unpaired) electrons. The number of nitrogens with zero attached hydrogens (tertiary/aromatic N) is 2. The van der Waals surface area contributed by atoms with E-state index in [0.717, 1.165) is 36.9 Å². The smallest absolute Gasteiger partial charge is 0.191 e. The molecule has 0 unspecified atom stereocenters. The monoisotopic (exact) mass is 492 g/mol. The molecular formula is C22H29IN4O. The first-order chi connectivity index (χ1) is 13.2. The number of ether oxygens (including phenoxy) is 1. The molecule has 2 aromatic rings. The number of rotatable bonds is 6. The minimum atomic E-state index is 0. The van der Waals surface area contributed by atoms with Gasteiger partial charge in [-0.25, -0.2) is 0 Å². The third-order valence-electron chi connectivity index (χ3n) is 4.67. The number of guanidine groups is 1. The molecule has 2 N–H and O–H groups in total. The fourth-order valence-corrected chi connectivity index (χ4v) is 3.14. The number of hydrogen-bond donors (Lipinski definition) is 2. The van der Waals surface area contributed by atoms with Gasteiger partial charge in [0.25, 0.3) is 0 Å². The minimum absolute atomic E-state index is 0. The van der Waals surface area contributed by atoms with Crippen LogP contribution in [0.5, 0.6) is 5.75 Å². The van der Waals surface area contributed by atoms with Crippen LogP contribution in [0, 0.1) is 6.92 Å². The van der Waals surface area contributed by atoms with E-state index in [1.807, 2.05) is 6.07 Å². The average molecular weight is 492 g/mol. The second kappa shape index (κ2) is 10.9. The Bertz CT molecular complexity index is 827. The van der Waals surface area contributed by atoms with Gasteiger partial charge in [-0.15, -0.1) is 24.0 Å². The van der Waals surface area contributed by atoms with Crippen molar-refractivity contribution in [3.05, 3.63) is 71.3 Å². The Hall–Kier alpha value is -2.22. The number of halogens is 1. The average Bonchev–Trinajstić information content (AvgIpc) is 3.24. The summed E-state index contributed by atoms with van der Waals surface area (Å²) in [6.45, 7) is 5.41. The van der Waals surface area contributed by atoms with E-state index in [1.54, 1.807) is 14.2 Å². The van der Waals surface area contributed by atoms with Crippen LogP contribution in [0.3, 0.4) is 0 Å². The van der Waals surface area contributed by atoms with Gasteiger partial charge in [-0.1, -0.05) is 36.4 Å².